The Kier molecular flexibility index (Phi) is 6.95. The highest BCUT2D eigenvalue weighted by molar-refractivity contribution is 5.80. The predicted molar refractivity (Wildman–Crippen MR) is 86.6 cm³/mol. The van der Waals surface area contributed by atoms with Crippen molar-refractivity contribution in [2.24, 2.45) is 11.7 Å². The van der Waals surface area contributed by atoms with Crippen molar-refractivity contribution in [3.8, 4) is 0 Å². The summed E-state index contributed by atoms with van der Waals surface area (Å²) >= 11 is 0. The van der Waals surface area contributed by atoms with Gasteiger partial charge in [-0.3, -0.25) is 10.2 Å². The second kappa shape index (κ2) is 8.96. The second-order valence-electron chi connectivity index (χ2n) is 6.28. The predicted octanol–water partition coefficient (Wildman–Crippen LogP) is 1.61. The fourth-order valence-electron chi connectivity index (χ4n) is 3.07. The number of nitrogens with two attached hydrogens (primary N) is 1. The molecule has 6 heteroatoms. The molecule has 2 atom stereocenters. The Morgan fingerprint density at radius 2 is 2.00 bits per heavy atom. The Labute approximate surface area is 136 Å². The van der Waals surface area contributed by atoms with Crippen LogP contribution < -0.4 is 16.6 Å². The van der Waals surface area contributed by atoms with Gasteiger partial charge in [-0.1, -0.05) is 50.3 Å². The minimum absolute atomic E-state index is 0.142. The highest BCUT2D eigenvalue weighted by Gasteiger charge is 2.26. The summed E-state index contributed by atoms with van der Waals surface area (Å²) in [6.45, 7) is 0.142. The van der Waals surface area contributed by atoms with E-state index in [4.69, 9.17) is 5.73 Å². The lowest BCUT2D eigenvalue weighted by Gasteiger charge is -2.26. The van der Waals surface area contributed by atoms with Gasteiger partial charge in [0.05, 0.1) is 0 Å². The van der Waals surface area contributed by atoms with E-state index in [0.29, 0.717) is 17.9 Å². The van der Waals surface area contributed by atoms with Gasteiger partial charge in [0.1, 0.15) is 11.9 Å². The number of amides is 1. The minimum Gasteiger partial charge on any atom is -0.382 e. The lowest BCUT2D eigenvalue weighted by molar-refractivity contribution is -0.131. The summed E-state index contributed by atoms with van der Waals surface area (Å²) < 4.78 is 13.4. The van der Waals surface area contributed by atoms with Crippen molar-refractivity contribution >= 4 is 5.91 Å². The molecule has 1 aliphatic carbocycles. The zero-order chi connectivity index (χ0) is 16.7. The van der Waals surface area contributed by atoms with Crippen LogP contribution in [0.3, 0.4) is 0 Å². The Hall–Kier alpha value is -1.50. The van der Waals surface area contributed by atoms with Gasteiger partial charge >= 0.3 is 0 Å². The first-order valence-corrected chi connectivity index (χ1v) is 8.27. The van der Waals surface area contributed by atoms with Crippen LogP contribution in [0, 0.1) is 11.7 Å². The Morgan fingerprint density at radius 1 is 1.30 bits per heavy atom. The number of halogens is 1. The summed E-state index contributed by atoms with van der Waals surface area (Å²) in [4.78, 5) is 11.9. The van der Waals surface area contributed by atoms with Gasteiger partial charge < -0.3 is 10.8 Å². The third-order valence-electron chi connectivity index (χ3n) is 4.45. The molecule has 5 N–H and O–H groups in total. The normalized spacial score (nSPS) is 18.4. The first kappa shape index (κ1) is 17.8. The van der Waals surface area contributed by atoms with Crippen LogP contribution in [0.4, 0.5) is 4.39 Å². The van der Waals surface area contributed by atoms with Crippen molar-refractivity contribution in [3.05, 3.63) is 35.6 Å². The molecule has 0 radical (unpaired) electrons. The second-order valence-corrected chi connectivity index (χ2v) is 6.28. The average molecular weight is 323 g/mol. The van der Waals surface area contributed by atoms with Gasteiger partial charge in [-0.2, -0.15) is 0 Å². The van der Waals surface area contributed by atoms with E-state index < -0.39 is 18.1 Å². The lowest BCUT2D eigenvalue weighted by Crippen LogP contribution is -2.51. The number of hydrazine groups is 1. The monoisotopic (exact) mass is 323 g/mol. The summed E-state index contributed by atoms with van der Waals surface area (Å²) in [7, 11) is 0. The number of benzene rings is 1. The van der Waals surface area contributed by atoms with E-state index in [1.54, 1.807) is 18.2 Å². The smallest absolute Gasteiger partial charge is 0.264 e. The molecule has 1 amide bonds. The molecule has 2 rings (SSSR count). The number of rotatable bonds is 7. The van der Waals surface area contributed by atoms with E-state index in [9.17, 15) is 14.3 Å². The Balaban J connectivity index is 1.72. The van der Waals surface area contributed by atoms with Gasteiger partial charge in [0.15, 0.2) is 0 Å². The van der Waals surface area contributed by atoms with E-state index in [1.165, 1.54) is 25.3 Å². The third kappa shape index (κ3) is 5.57. The summed E-state index contributed by atoms with van der Waals surface area (Å²) in [6.07, 6.45) is 5.29. The van der Waals surface area contributed by atoms with Crippen molar-refractivity contribution in [3.63, 3.8) is 0 Å². The molecule has 1 saturated carbocycles. The maximum Gasteiger partial charge on any atom is 0.264 e. The van der Waals surface area contributed by atoms with Crippen LogP contribution in [0.2, 0.25) is 0 Å². The minimum atomic E-state index is -1.26. The van der Waals surface area contributed by atoms with Crippen LogP contribution in [-0.2, 0) is 11.3 Å². The van der Waals surface area contributed by atoms with Crippen LogP contribution in [0.25, 0.3) is 0 Å². The van der Waals surface area contributed by atoms with Gasteiger partial charge in [0.2, 0.25) is 0 Å². The largest absolute Gasteiger partial charge is 0.382 e. The maximum atomic E-state index is 13.4. The zero-order valence-corrected chi connectivity index (χ0v) is 13.3. The number of hydrogen-bond acceptors (Lipinski definition) is 4. The van der Waals surface area contributed by atoms with Crippen LogP contribution in [0.5, 0.6) is 0 Å². The van der Waals surface area contributed by atoms with Crippen LogP contribution in [0.1, 0.15) is 44.1 Å². The van der Waals surface area contributed by atoms with Crippen molar-refractivity contribution < 1.29 is 14.3 Å². The first-order valence-electron chi connectivity index (χ1n) is 8.27. The molecule has 2 unspecified atom stereocenters. The Bertz CT molecular complexity index is 506. The van der Waals surface area contributed by atoms with Crippen molar-refractivity contribution in [2.75, 3.05) is 0 Å². The van der Waals surface area contributed by atoms with Gasteiger partial charge in [0.25, 0.3) is 5.91 Å². The number of nitrogens with one attached hydrogen (secondary N) is 2. The van der Waals surface area contributed by atoms with Crippen molar-refractivity contribution in [1.29, 1.82) is 0 Å². The van der Waals surface area contributed by atoms with Crippen molar-refractivity contribution in [2.45, 2.75) is 57.2 Å². The quantitative estimate of drug-likeness (QED) is 0.574. The zero-order valence-electron chi connectivity index (χ0n) is 13.3. The molecule has 0 aromatic heterocycles. The molecule has 0 spiro atoms. The number of carbonyl (C=O) groups is 1. The summed E-state index contributed by atoms with van der Waals surface area (Å²) in [5, 5.41) is 10.0. The topological polar surface area (TPSA) is 87.4 Å². The molecule has 5 nitrogen and oxygen atoms in total. The van der Waals surface area contributed by atoms with Gasteiger partial charge in [-0.25, -0.2) is 9.82 Å². The summed E-state index contributed by atoms with van der Waals surface area (Å²) in [5.41, 5.74) is 11.4. The fourth-order valence-corrected chi connectivity index (χ4v) is 3.07. The van der Waals surface area contributed by atoms with E-state index in [-0.39, 0.29) is 12.4 Å². The molecule has 1 aromatic rings. The molecule has 0 saturated heterocycles. The number of aliphatic hydroxyl groups is 1. The molecule has 23 heavy (non-hydrogen) atoms. The highest BCUT2D eigenvalue weighted by atomic mass is 19.1. The van der Waals surface area contributed by atoms with Crippen LogP contribution >= 0.6 is 0 Å². The maximum absolute atomic E-state index is 13.4. The highest BCUT2D eigenvalue weighted by Crippen LogP contribution is 2.27. The molecule has 1 fully saturated rings. The number of aliphatic hydroxyl groups excluding tert-OH is 1. The molecule has 1 aliphatic rings. The molecule has 0 aliphatic heterocycles. The molecular weight excluding hydrogens is 297 g/mol. The lowest BCUT2D eigenvalue weighted by atomic mass is 9.84. The van der Waals surface area contributed by atoms with Crippen molar-refractivity contribution in [1.82, 2.24) is 10.9 Å². The Morgan fingerprint density at radius 3 is 2.70 bits per heavy atom. The molecule has 0 bridgehead atoms. The van der Waals surface area contributed by atoms with E-state index in [2.05, 4.69) is 10.9 Å². The first-order chi connectivity index (χ1) is 11.1. The van der Waals surface area contributed by atoms with Gasteiger partial charge in [0, 0.05) is 18.2 Å². The van der Waals surface area contributed by atoms with Gasteiger partial charge in [-0.15, -0.1) is 0 Å². The summed E-state index contributed by atoms with van der Waals surface area (Å²) in [6, 6.07) is 5.73. The number of carbonyl (C=O) groups excluding carboxylic acids is 1. The van der Waals surface area contributed by atoms with Crippen LogP contribution in [-0.4, -0.2) is 23.2 Å². The SMILES string of the molecule is NC(CC1CCCCC1)C(O)C(=O)NNCc1ccccc1F. The van der Waals surface area contributed by atoms with Crippen LogP contribution in [0.15, 0.2) is 24.3 Å². The fraction of sp³-hybridized carbons (Fsp3) is 0.588. The van der Waals surface area contributed by atoms with E-state index >= 15 is 0 Å². The standard InChI is InChI=1S/C17H26FN3O2/c18-14-9-5-4-8-13(14)11-20-21-17(23)16(22)15(19)10-12-6-2-1-3-7-12/h4-5,8-9,12,15-16,20,22H,1-3,6-7,10-11,19H2,(H,21,23). The van der Waals surface area contributed by atoms with E-state index in [1.807, 2.05) is 0 Å². The van der Waals surface area contributed by atoms with Gasteiger partial charge in [-0.05, 0) is 18.4 Å². The molecule has 128 valence electrons. The summed E-state index contributed by atoms with van der Waals surface area (Å²) in [5.74, 6) is -0.430. The third-order valence-corrected chi connectivity index (χ3v) is 4.45. The molecular formula is C17H26FN3O2. The molecule has 0 heterocycles. The average Bonchev–Trinajstić information content (AvgIpc) is 2.56. The molecule has 1 aromatic carbocycles. The number of hydrogen-bond donors (Lipinski definition) is 4. The van der Waals surface area contributed by atoms with E-state index in [0.717, 1.165) is 12.8 Å².